The first-order chi connectivity index (χ1) is 12.4. The van der Waals surface area contributed by atoms with E-state index >= 15 is 0 Å². The fourth-order valence-corrected chi connectivity index (χ4v) is 4.60. The normalized spacial score (nSPS) is 22.0. The summed E-state index contributed by atoms with van der Waals surface area (Å²) in [6.07, 6.45) is 5.58. The molecule has 148 valence electrons. The second-order valence-corrected chi connectivity index (χ2v) is 9.49. The van der Waals surface area contributed by atoms with Crippen LogP contribution in [0.2, 0.25) is 0 Å². The highest BCUT2D eigenvalue weighted by molar-refractivity contribution is 7.90. The summed E-state index contributed by atoms with van der Waals surface area (Å²) in [5, 5.41) is 3.19. The van der Waals surface area contributed by atoms with E-state index in [1.807, 2.05) is 25.1 Å². The van der Waals surface area contributed by atoms with Gasteiger partial charge in [0, 0.05) is 24.3 Å². The van der Waals surface area contributed by atoms with Gasteiger partial charge in [-0.1, -0.05) is 19.9 Å². The Kier molecular flexibility index (Phi) is 8.22. The lowest BCUT2D eigenvalue weighted by Crippen LogP contribution is -2.42. The van der Waals surface area contributed by atoms with Gasteiger partial charge in [0.1, 0.15) is 5.75 Å². The minimum Gasteiger partial charge on any atom is -0.494 e. The molecule has 1 aliphatic carbocycles. The lowest BCUT2D eigenvalue weighted by molar-refractivity contribution is 0.317. The van der Waals surface area contributed by atoms with Crippen molar-refractivity contribution in [2.75, 3.05) is 18.5 Å². The maximum absolute atomic E-state index is 12.2. The molecular weight excluding hydrogens is 348 g/mol. The molecule has 1 unspecified atom stereocenters. The molecule has 1 atom stereocenters. The first-order valence-electron chi connectivity index (χ1n) is 9.92. The molecule has 0 aromatic heterocycles. The molecule has 1 aromatic carbocycles. The topological polar surface area (TPSA) is 67.4 Å². The van der Waals surface area contributed by atoms with Crippen molar-refractivity contribution < 1.29 is 13.2 Å². The highest BCUT2D eigenvalue weighted by atomic mass is 32.2. The fourth-order valence-electron chi connectivity index (χ4n) is 3.23. The van der Waals surface area contributed by atoms with Gasteiger partial charge in [-0.2, -0.15) is 0 Å². The van der Waals surface area contributed by atoms with Crippen LogP contribution in [0.4, 0.5) is 5.69 Å². The van der Waals surface area contributed by atoms with Crippen molar-refractivity contribution in [3.8, 4) is 5.75 Å². The van der Waals surface area contributed by atoms with Crippen LogP contribution in [0.1, 0.15) is 59.3 Å². The number of nitrogens with one attached hydrogen (secondary N) is 2. The monoisotopic (exact) mass is 382 g/mol. The molecule has 2 N–H and O–H groups in total. The molecule has 1 aromatic rings. The third kappa shape index (κ3) is 6.47. The summed E-state index contributed by atoms with van der Waals surface area (Å²) in [6.45, 7) is 7.44. The van der Waals surface area contributed by atoms with Gasteiger partial charge >= 0.3 is 0 Å². The van der Waals surface area contributed by atoms with Crippen molar-refractivity contribution in [1.29, 1.82) is 0 Å². The standard InChI is InChI=1S/C20H34N2O3S/c1-4-13-25-20-8-6-7-19(14-20)21-15-17-9-11-18(12-10-17)22-26(23,24)16(3)5-2/h6-8,14,16-18,21-22H,4-5,9-13,15H2,1-3H3. The molecule has 5 nitrogen and oxygen atoms in total. The van der Waals surface area contributed by atoms with Crippen LogP contribution < -0.4 is 14.8 Å². The van der Waals surface area contributed by atoms with E-state index in [2.05, 4.69) is 23.0 Å². The second-order valence-electron chi connectivity index (χ2n) is 7.36. The largest absolute Gasteiger partial charge is 0.494 e. The van der Waals surface area contributed by atoms with Crippen LogP contribution in [0.15, 0.2) is 24.3 Å². The third-order valence-electron chi connectivity index (χ3n) is 5.18. The van der Waals surface area contributed by atoms with Crippen molar-refractivity contribution in [3.63, 3.8) is 0 Å². The van der Waals surface area contributed by atoms with Crippen LogP contribution in [0.25, 0.3) is 0 Å². The molecule has 0 spiro atoms. The summed E-state index contributed by atoms with van der Waals surface area (Å²) in [4.78, 5) is 0. The van der Waals surface area contributed by atoms with Crippen molar-refractivity contribution in [3.05, 3.63) is 24.3 Å². The SMILES string of the molecule is CCCOc1cccc(NCC2CCC(NS(=O)(=O)C(C)CC)CC2)c1. The van der Waals surface area contributed by atoms with Crippen molar-refractivity contribution in [2.45, 2.75) is 70.6 Å². The smallest absolute Gasteiger partial charge is 0.214 e. The lowest BCUT2D eigenvalue weighted by atomic mass is 9.86. The molecule has 26 heavy (non-hydrogen) atoms. The molecule has 1 aliphatic rings. The Labute approximate surface area is 159 Å². The van der Waals surface area contributed by atoms with E-state index in [4.69, 9.17) is 4.74 Å². The van der Waals surface area contributed by atoms with Gasteiger partial charge in [-0.3, -0.25) is 0 Å². The highest BCUT2D eigenvalue weighted by Crippen LogP contribution is 2.26. The van der Waals surface area contributed by atoms with Crippen molar-refractivity contribution in [2.24, 2.45) is 5.92 Å². The van der Waals surface area contributed by atoms with Gasteiger partial charge < -0.3 is 10.1 Å². The van der Waals surface area contributed by atoms with Gasteiger partial charge in [-0.25, -0.2) is 13.1 Å². The first-order valence-corrected chi connectivity index (χ1v) is 11.5. The Morgan fingerprint density at radius 2 is 1.92 bits per heavy atom. The van der Waals surface area contributed by atoms with Gasteiger partial charge in [-0.05, 0) is 63.5 Å². The number of benzene rings is 1. The van der Waals surface area contributed by atoms with Crippen LogP contribution in [-0.2, 0) is 10.0 Å². The minimum absolute atomic E-state index is 0.0935. The summed E-state index contributed by atoms with van der Waals surface area (Å²) in [6, 6.07) is 8.19. The predicted molar refractivity (Wildman–Crippen MR) is 108 cm³/mol. The Morgan fingerprint density at radius 1 is 1.19 bits per heavy atom. The van der Waals surface area contributed by atoms with Gasteiger partial charge in [0.2, 0.25) is 10.0 Å². The highest BCUT2D eigenvalue weighted by Gasteiger charge is 2.27. The molecule has 0 saturated heterocycles. The van der Waals surface area contributed by atoms with Gasteiger partial charge in [0.15, 0.2) is 0 Å². The Bertz CT molecular complexity index is 640. The van der Waals surface area contributed by atoms with Crippen LogP contribution in [0.3, 0.4) is 0 Å². The summed E-state index contributed by atoms with van der Waals surface area (Å²) < 4.78 is 33.0. The van der Waals surface area contributed by atoms with Crippen LogP contribution in [-0.4, -0.2) is 32.9 Å². The molecule has 1 fully saturated rings. The Balaban J connectivity index is 1.75. The molecule has 6 heteroatoms. The molecule has 0 radical (unpaired) electrons. The fraction of sp³-hybridized carbons (Fsp3) is 0.700. The molecule has 0 bridgehead atoms. The number of hydrogen-bond donors (Lipinski definition) is 2. The number of sulfonamides is 1. The van der Waals surface area contributed by atoms with E-state index < -0.39 is 10.0 Å². The summed E-state index contributed by atoms with van der Waals surface area (Å²) in [5.41, 5.74) is 1.08. The van der Waals surface area contributed by atoms with E-state index in [9.17, 15) is 8.42 Å². The minimum atomic E-state index is -3.17. The lowest BCUT2D eigenvalue weighted by Gasteiger charge is -2.30. The van der Waals surface area contributed by atoms with E-state index in [0.29, 0.717) is 12.3 Å². The van der Waals surface area contributed by atoms with Crippen LogP contribution >= 0.6 is 0 Å². The van der Waals surface area contributed by atoms with Gasteiger partial charge in [0.05, 0.1) is 11.9 Å². The van der Waals surface area contributed by atoms with E-state index in [-0.39, 0.29) is 11.3 Å². The summed E-state index contributed by atoms with van der Waals surface area (Å²) in [5.74, 6) is 1.49. The Morgan fingerprint density at radius 3 is 2.58 bits per heavy atom. The van der Waals surface area contributed by atoms with Gasteiger partial charge in [0.25, 0.3) is 0 Å². The molecule has 0 heterocycles. The van der Waals surface area contributed by atoms with Crippen molar-refractivity contribution >= 4 is 15.7 Å². The van der Waals surface area contributed by atoms with Crippen molar-refractivity contribution in [1.82, 2.24) is 4.72 Å². The molecule has 0 amide bonds. The average molecular weight is 383 g/mol. The first kappa shape index (κ1) is 21.0. The number of anilines is 1. The van der Waals surface area contributed by atoms with E-state index in [1.54, 1.807) is 6.92 Å². The molecule has 2 rings (SSSR count). The molecular formula is C20H34N2O3S. The summed E-state index contributed by atoms with van der Waals surface area (Å²) in [7, 11) is -3.17. The zero-order valence-corrected chi connectivity index (χ0v) is 17.1. The zero-order valence-electron chi connectivity index (χ0n) is 16.3. The van der Waals surface area contributed by atoms with E-state index in [0.717, 1.165) is 56.7 Å². The second kappa shape index (κ2) is 10.2. The number of ether oxygens (including phenoxy) is 1. The number of hydrogen-bond acceptors (Lipinski definition) is 4. The van der Waals surface area contributed by atoms with Gasteiger partial charge in [-0.15, -0.1) is 0 Å². The van der Waals surface area contributed by atoms with Crippen LogP contribution in [0.5, 0.6) is 5.75 Å². The quantitative estimate of drug-likeness (QED) is 0.637. The maximum atomic E-state index is 12.2. The van der Waals surface area contributed by atoms with E-state index in [1.165, 1.54) is 0 Å². The van der Waals surface area contributed by atoms with Crippen LogP contribution in [0, 0.1) is 5.92 Å². The number of rotatable bonds is 10. The third-order valence-corrected chi connectivity index (χ3v) is 7.24. The maximum Gasteiger partial charge on any atom is 0.214 e. The summed E-state index contributed by atoms with van der Waals surface area (Å²) >= 11 is 0. The average Bonchev–Trinajstić information content (AvgIpc) is 2.65. The molecule has 1 saturated carbocycles. The zero-order chi connectivity index (χ0) is 19.0. The Hall–Kier alpha value is -1.27. The molecule has 0 aliphatic heterocycles. The predicted octanol–water partition coefficient (Wildman–Crippen LogP) is 4.16.